The van der Waals surface area contributed by atoms with Crippen molar-refractivity contribution in [3.63, 3.8) is 0 Å². The van der Waals surface area contributed by atoms with Crippen LogP contribution in [0.15, 0.2) is 182 Å². The van der Waals surface area contributed by atoms with Gasteiger partial charge in [-0.05, 0) is 109 Å². The van der Waals surface area contributed by atoms with Crippen LogP contribution in [0.5, 0.6) is 0 Å². The van der Waals surface area contributed by atoms with E-state index in [0.29, 0.717) is 0 Å². The molecule has 272 valence electrons. The van der Waals surface area contributed by atoms with Crippen molar-refractivity contribution < 1.29 is 0 Å². The van der Waals surface area contributed by atoms with Crippen molar-refractivity contribution >= 4 is 73.9 Å². The van der Waals surface area contributed by atoms with E-state index in [4.69, 9.17) is 5.41 Å². The Hall–Kier alpha value is -7.63. The van der Waals surface area contributed by atoms with E-state index in [1.54, 1.807) is 0 Å². The largest absolute Gasteiger partial charge is 0.355 e. The van der Waals surface area contributed by atoms with Gasteiger partial charge >= 0.3 is 0 Å². The van der Waals surface area contributed by atoms with Crippen molar-refractivity contribution in [3.8, 4) is 28.2 Å². The second-order valence-electron chi connectivity index (χ2n) is 14.3. The quantitative estimate of drug-likeness (QED) is 0.150. The molecule has 0 amide bonds. The Morgan fingerprint density at radius 2 is 1.33 bits per heavy atom. The lowest BCUT2D eigenvalue weighted by Gasteiger charge is -2.15. The minimum atomic E-state index is 0.819. The van der Waals surface area contributed by atoms with Crippen molar-refractivity contribution in [2.75, 3.05) is 5.32 Å². The molecular weight excluding hydrogens is 695 g/mol. The highest BCUT2D eigenvalue weighted by Gasteiger charge is 2.21. The van der Waals surface area contributed by atoms with Gasteiger partial charge in [-0.3, -0.25) is 0 Å². The predicted octanol–water partition coefficient (Wildman–Crippen LogP) is 11.8. The van der Waals surface area contributed by atoms with Crippen molar-refractivity contribution in [3.05, 3.63) is 198 Å². The van der Waals surface area contributed by atoms with E-state index in [2.05, 4.69) is 183 Å². The van der Waals surface area contributed by atoms with E-state index in [0.717, 1.165) is 93.9 Å². The maximum atomic E-state index is 8.85. The molecule has 0 saturated heterocycles. The Morgan fingerprint density at radius 1 is 0.614 bits per heavy atom. The molecule has 0 aliphatic rings. The van der Waals surface area contributed by atoms with Crippen LogP contribution in [-0.2, 0) is 0 Å². The van der Waals surface area contributed by atoms with Crippen LogP contribution in [0.1, 0.15) is 12.5 Å². The van der Waals surface area contributed by atoms with Crippen LogP contribution in [0.25, 0.3) is 84.5 Å². The van der Waals surface area contributed by atoms with Gasteiger partial charge < -0.3 is 24.4 Å². The Morgan fingerprint density at radius 3 is 2.11 bits per heavy atom. The van der Waals surface area contributed by atoms with Gasteiger partial charge in [0.05, 0.1) is 27.4 Å². The number of nitrogens with one attached hydrogen (secondary N) is 2. The summed E-state index contributed by atoms with van der Waals surface area (Å²) in [6.07, 6.45) is 9.88. The van der Waals surface area contributed by atoms with Crippen LogP contribution in [0.4, 0.5) is 11.4 Å². The third-order valence-corrected chi connectivity index (χ3v) is 11.1. The van der Waals surface area contributed by atoms with Crippen LogP contribution < -0.4 is 15.9 Å². The monoisotopic (exact) mass is 733 g/mol. The third-order valence-electron chi connectivity index (χ3n) is 11.1. The zero-order chi connectivity index (χ0) is 38.5. The molecule has 0 unspecified atom stereocenters. The first-order chi connectivity index (χ1) is 28.1. The molecule has 10 aromatic rings. The Bertz CT molecular complexity index is 3290. The minimum absolute atomic E-state index is 0.819. The topological polar surface area (TPSA) is 50.7 Å². The maximum absolute atomic E-state index is 8.85. The highest BCUT2D eigenvalue weighted by atomic mass is 15.0. The van der Waals surface area contributed by atoms with Crippen LogP contribution >= 0.6 is 0 Å². The van der Waals surface area contributed by atoms with Crippen molar-refractivity contribution in [1.29, 1.82) is 5.41 Å². The van der Waals surface area contributed by atoms with Gasteiger partial charge in [0, 0.05) is 73.2 Å². The minimum Gasteiger partial charge on any atom is -0.355 e. The van der Waals surface area contributed by atoms with Crippen LogP contribution in [0, 0.1) is 5.41 Å². The lowest BCUT2D eigenvalue weighted by atomic mass is 9.97. The molecule has 7 aromatic carbocycles. The number of hydrogen-bond acceptors (Lipinski definition) is 2. The molecular formula is C52H39N5. The Labute approximate surface area is 330 Å². The molecule has 0 radical (unpaired) electrons. The van der Waals surface area contributed by atoms with Gasteiger partial charge in [-0.1, -0.05) is 97.6 Å². The normalized spacial score (nSPS) is 12.1. The van der Waals surface area contributed by atoms with E-state index in [1.807, 2.05) is 37.3 Å². The first-order valence-electron chi connectivity index (χ1n) is 19.2. The van der Waals surface area contributed by atoms with E-state index in [-0.39, 0.29) is 0 Å². The molecule has 3 aromatic heterocycles. The summed E-state index contributed by atoms with van der Waals surface area (Å²) in [5, 5.41) is 19.1. The number of anilines is 2. The van der Waals surface area contributed by atoms with Gasteiger partial charge in [0.1, 0.15) is 0 Å². The maximum Gasteiger partial charge on any atom is 0.0649 e. The van der Waals surface area contributed by atoms with Crippen LogP contribution in [0.3, 0.4) is 0 Å². The van der Waals surface area contributed by atoms with Gasteiger partial charge in [-0.25, -0.2) is 0 Å². The molecule has 2 N–H and O–H groups in total. The van der Waals surface area contributed by atoms with E-state index < -0.39 is 0 Å². The highest BCUT2D eigenvalue weighted by Crippen LogP contribution is 2.42. The summed E-state index contributed by atoms with van der Waals surface area (Å²) >= 11 is 0. The summed E-state index contributed by atoms with van der Waals surface area (Å²) in [7, 11) is 0. The number of benzene rings is 7. The summed E-state index contributed by atoms with van der Waals surface area (Å²) in [6.45, 7) is 6.51. The van der Waals surface area contributed by atoms with Crippen molar-refractivity contribution in [2.45, 2.75) is 6.92 Å². The molecule has 0 bridgehead atoms. The van der Waals surface area contributed by atoms with Gasteiger partial charge in [0.2, 0.25) is 0 Å². The first kappa shape index (κ1) is 33.9. The van der Waals surface area contributed by atoms with Crippen molar-refractivity contribution in [2.24, 2.45) is 0 Å². The van der Waals surface area contributed by atoms with Crippen molar-refractivity contribution in [1.82, 2.24) is 13.7 Å². The first-order valence-corrected chi connectivity index (χ1v) is 19.2. The molecule has 57 heavy (non-hydrogen) atoms. The second-order valence-corrected chi connectivity index (χ2v) is 14.3. The standard InChI is InChI=1S/C52H39N5/c1-3-4-20-47-35(2)42-18-11-12-21-49(42)56(47)40-24-26-41(27-25-40)57-50-22-13-19-43(36-23-30-48-37(33-36)31-32-55(48)39-16-9-6-10-17-39)51(50)44-28-29-46(45(34-53)52(44)57)54-38-14-7-5-8-15-38/h3-34,53-54H,2H2,1H3/b4-3-,47-20+,53-34?. The predicted molar refractivity (Wildman–Crippen MR) is 242 cm³/mol. The highest BCUT2D eigenvalue weighted by molar-refractivity contribution is 6.20. The molecule has 5 heteroatoms. The number of aromatic nitrogens is 3. The van der Waals surface area contributed by atoms with E-state index >= 15 is 0 Å². The number of rotatable bonds is 8. The Balaban J connectivity index is 1.20. The number of allylic oxidation sites excluding steroid dienone is 2. The van der Waals surface area contributed by atoms with Gasteiger partial charge in [0.25, 0.3) is 0 Å². The molecule has 5 nitrogen and oxygen atoms in total. The number of fused-ring (bicyclic) bond motifs is 5. The van der Waals surface area contributed by atoms with Gasteiger partial charge in [-0.2, -0.15) is 0 Å². The fourth-order valence-corrected chi connectivity index (χ4v) is 8.46. The van der Waals surface area contributed by atoms with Gasteiger partial charge in [0.15, 0.2) is 0 Å². The van der Waals surface area contributed by atoms with E-state index in [1.165, 1.54) is 11.6 Å². The van der Waals surface area contributed by atoms with Crippen LogP contribution in [0.2, 0.25) is 0 Å². The third kappa shape index (κ3) is 5.59. The number of nitrogens with zero attached hydrogens (tertiary/aromatic N) is 3. The molecule has 10 rings (SSSR count). The molecule has 0 aliphatic heterocycles. The second kappa shape index (κ2) is 13.9. The fraction of sp³-hybridized carbons (Fsp3) is 0.0192. The zero-order valence-electron chi connectivity index (χ0n) is 31.5. The van der Waals surface area contributed by atoms with E-state index in [9.17, 15) is 0 Å². The average molecular weight is 734 g/mol. The summed E-state index contributed by atoms with van der Waals surface area (Å²) in [5.41, 5.74) is 12.5. The number of hydrogen-bond donors (Lipinski definition) is 2. The molecule has 0 fully saturated rings. The molecule has 0 saturated carbocycles. The Kier molecular flexibility index (Phi) is 8.27. The lowest BCUT2D eigenvalue weighted by molar-refractivity contribution is 1.06. The zero-order valence-corrected chi connectivity index (χ0v) is 31.5. The molecule has 0 atom stereocenters. The molecule has 0 spiro atoms. The number of para-hydroxylation sites is 3. The summed E-state index contributed by atoms with van der Waals surface area (Å²) in [5.74, 6) is 0. The fourth-order valence-electron chi connectivity index (χ4n) is 8.46. The summed E-state index contributed by atoms with van der Waals surface area (Å²) < 4.78 is 6.85. The SMILES string of the molecule is C=c1/c(=C\C=C/C)n(-c2ccc(-n3c4cccc(-c5ccc6c(ccn6-c6ccccc6)c5)c4c4ccc(Nc5ccccc5)c(C=N)c43)cc2)c2ccccc12. The summed E-state index contributed by atoms with van der Waals surface area (Å²) in [6, 6.07) is 57.7. The lowest BCUT2D eigenvalue weighted by Crippen LogP contribution is -2.26. The average Bonchev–Trinajstić information content (AvgIpc) is 3.93. The smallest absolute Gasteiger partial charge is 0.0649 e. The van der Waals surface area contributed by atoms with Crippen LogP contribution in [-0.4, -0.2) is 19.9 Å². The summed E-state index contributed by atoms with van der Waals surface area (Å²) in [4.78, 5) is 0. The molecule has 0 aliphatic carbocycles. The molecule has 3 heterocycles. The van der Waals surface area contributed by atoms with Gasteiger partial charge in [-0.15, -0.1) is 0 Å².